The van der Waals surface area contributed by atoms with Crippen molar-refractivity contribution in [2.24, 2.45) is 0 Å². The molecule has 0 saturated carbocycles. The van der Waals surface area contributed by atoms with Gasteiger partial charge in [-0.3, -0.25) is 0 Å². The monoisotopic (exact) mass is 131 g/mol. The smallest absolute Gasteiger partial charge is 0.0850 e. The summed E-state index contributed by atoms with van der Waals surface area (Å²) in [6.45, 7) is 3.76. The van der Waals surface area contributed by atoms with Crippen LogP contribution in [0, 0.1) is 6.92 Å². The Labute approximate surface area is 58.1 Å². The lowest BCUT2D eigenvalue weighted by molar-refractivity contribution is 0.678. The molecule has 0 bridgehead atoms. The minimum atomic E-state index is 1.04. The standard InChI is InChI=1S/C7H14S/c1-2-3-4-5-6-7-8/h1-7H2/p+1. The van der Waals surface area contributed by atoms with E-state index in [-0.39, 0.29) is 0 Å². The van der Waals surface area contributed by atoms with Crippen LogP contribution < -0.4 is 0 Å². The summed E-state index contributed by atoms with van der Waals surface area (Å²) in [4.78, 5) is 0. The third-order valence-corrected chi connectivity index (χ3v) is 1.47. The van der Waals surface area contributed by atoms with E-state index in [9.17, 15) is 0 Å². The predicted octanol–water partition coefficient (Wildman–Crippen LogP) is 2.70. The van der Waals surface area contributed by atoms with Gasteiger partial charge in [-0.2, -0.15) is 12.6 Å². The molecule has 0 aliphatic carbocycles. The molecule has 0 aromatic rings. The lowest BCUT2D eigenvalue weighted by atomic mass is 10.2. The molecule has 0 atom stereocenters. The van der Waals surface area contributed by atoms with Gasteiger partial charge >= 0.3 is 0 Å². The summed E-state index contributed by atoms with van der Waals surface area (Å²) >= 11 is 4.11. The summed E-state index contributed by atoms with van der Waals surface area (Å²) in [6, 6.07) is 0. The molecule has 0 fully saturated rings. The highest BCUT2D eigenvalue weighted by atomic mass is 32.1. The molecule has 0 N–H and O–H groups in total. The van der Waals surface area contributed by atoms with Crippen molar-refractivity contribution in [3.63, 3.8) is 0 Å². The normalized spacial score (nSPS) is 9.62. The van der Waals surface area contributed by atoms with E-state index in [1.807, 2.05) is 0 Å². The highest BCUT2D eigenvalue weighted by Gasteiger charge is 1.86. The van der Waals surface area contributed by atoms with Gasteiger partial charge in [0.05, 0.1) is 13.3 Å². The topological polar surface area (TPSA) is 0 Å². The van der Waals surface area contributed by atoms with Gasteiger partial charge in [0.1, 0.15) is 0 Å². The van der Waals surface area contributed by atoms with Gasteiger partial charge in [-0.25, -0.2) is 0 Å². The molecule has 0 unspecified atom stereocenters. The summed E-state index contributed by atoms with van der Waals surface area (Å²) in [7, 11) is 0. The molecule has 0 aromatic heterocycles. The Balaban J connectivity index is 2.53. The van der Waals surface area contributed by atoms with Gasteiger partial charge in [-0.15, -0.1) is 0 Å². The molecular formula is C7H15S+. The second-order valence-corrected chi connectivity index (χ2v) is 2.44. The van der Waals surface area contributed by atoms with E-state index in [2.05, 4.69) is 19.6 Å². The fourth-order valence-corrected chi connectivity index (χ4v) is 0.866. The number of hydrogen-bond acceptors (Lipinski definition) is 1. The van der Waals surface area contributed by atoms with E-state index in [0.717, 1.165) is 12.2 Å². The highest BCUT2D eigenvalue weighted by molar-refractivity contribution is 7.80. The van der Waals surface area contributed by atoms with Crippen molar-refractivity contribution in [1.82, 2.24) is 0 Å². The van der Waals surface area contributed by atoms with Crippen LogP contribution in [0.15, 0.2) is 0 Å². The Bertz CT molecular complexity index is 29.4. The number of hydrogen-bond donors (Lipinski definition) is 1. The van der Waals surface area contributed by atoms with Gasteiger partial charge in [0, 0.05) is 0 Å². The van der Waals surface area contributed by atoms with Crippen LogP contribution in [0.4, 0.5) is 0 Å². The first-order valence-corrected chi connectivity index (χ1v) is 3.95. The fraction of sp³-hybridized carbons (Fsp3) is 0.857. The molecule has 0 aliphatic heterocycles. The van der Waals surface area contributed by atoms with Gasteiger partial charge < -0.3 is 0 Å². The molecule has 0 aromatic carbocycles. The average molecular weight is 131 g/mol. The zero-order chi connectivity index (χ0) is 6.24. The second-order valence-electron chi connectivity index (χ2n) is 1.99. The molecule has 0 nitrogen and oxygen atoms in total. The van der Waals surface area contributed by atoms with Gasteiger partial charge in [0.15, 0.2) is 0 Å². The van der Waals surface area contributed by atoms with E-state index >= 15 is 0 Å². The van der Waals surface area contributed by atoms with Crippen LogP contribution in [0.1, 0.15) is 32.1 Å². The predicted molar refractivity (Wildman–Crippen MR) is 42.3 cm³/mol. The maximum atomic E-state index is 4.11. The quantitative estimate of drug-likeness (QED) is 0.331. The zero-order valence-electron chi connectivity index (χ0n) is 5.40. The highest BCUT2D eigenvalue weighted by Crippen LogP contribution is 2.01. The van der Waals surface area contributed by atoms with Crippen LogP contribution in [-0.4, -0.2) is 5.75 Å². The van der Waals surface area contributed by atoms with E-state index in [4.69, 9.17) is 0 Å². The maximum absolute atomic E-state index is 4.11. The Morgan fingerprint density at radius 2 is 1.62 bits per heavy atom. The lowest BCUT2D eigenvalue weighted by Gasteiger charge is -1.91. The van der Waals surface area contributed by atoms with Gasteiger partial charge in [-0.05, 0) is 25.0 Å². The van der Waals surface area contributed by atoms with Crippen LogP contribution in [0.5, 0.6) is 0 Å². The van der Waals surface area contributed by atoms with Crippen LogP contribution in [0.25, 0.3) is 0 Å². The number of thiol groups is 1. The van der Waals surface area contributed by atoms with Crippen molar-refractivity contribution in [3.05, 3.63) is 6.92 Å². The van der Waals surface area contributed by atoms with Crippen molar-refractivity contribution in [2.45, 2.75) is 32.1 Å². The first-order valence-electron chi connectivity index (χ1n) is 3.32. The van der Waals surface area contributed by atoms with Gasteiger partial charge in [-0.1, -0.05) is 6.42 Å². The molecule has 0 rings (SSSR count). The average Bonchev–Trinajstić information content (AvgIpc) is 1.81. The van der Waals surface area contributed by atoms with Crippen molar-refractivity contribution in [1.29, 1.82) is 0 Å². The van der Waals surface area contributed by atoms with Crippen molar-refractivity contribution < 1.29 is 0 Å². The van der Waals surface area contributed by atoms with Crippen molar-refractivity contribution in [3.8, 4) is 0 Å². The van der Waals surface area contributed by atoms with Crippen LogP contribution in [0.3, 0.4) is 0 Å². The van der Waals surface area contributed by atoms with E-state index in [1.54, 1.807) is 0 Å². The molecule has 48 valence electrons. The minimum Gasteiger partial charge on any atom is -0.179 e. The fourth-order valence-electron chi connectivity index (χ4n) is 0.642. The number of rotatable bonds is 5. The zero-order valence-corrected chi connectivity index (χ0v) is 6.29. The lowest BCUT2D eigenvalue weighted by Crippen LogP contribution is -1.76. The summed E-state index contributed by atoms with van der Waals surface area (Å²) in [5.74, 6) is 1.04. The van der Waals surface area contributed by atoms with E-state index < -0.39 is 0 Å². The van der Waals surface area contributed by atoms with E-state index in [0.29, 0.717) is 0 Å². The summed E-state index contributed by atoms with van der Waals surface area (Å²) in [5, 5.41) is 0. The van der Waals surface area contributed by atoms with Crippen molar-refractivity contribution >= 4 is 12.6 Å². The molecular weight excluding hydrogens is 116 g/mol. The molecule has 1 heteroatoms. The van der Waals surface area contributed by atoms with Gasteiger partial charge in [0.2, 0.25) is 0 Å². The largest absolute Gasteiger partial charge is 0.179 e. The van der Waals surface area contributed by atoms with Crippen LogP contribution in [0.2, 0.25) is 0 Å². The molecule has 0 saturated heterocycles. The van der Waals surface area contributed by atoms with Crippen LogP contribution in [-0.2, 0) is 0 Å². The third-order valence-electron chi connectivity index (χ3n) is 1.16. The van der Waals surface area contributed by atoms with Crippen LogP contribution >= 0.6 is 12.6 Å². The van der Waals surface area contributed by atoms with E-state index in [1.165, 1.54) is 25.7 Å². The summed E-state index contributed by atoms with van der Waals surface area (Å²) in [6.07, 6.45) is 6.31. The summed E-state index contributed by atoms with van der Waals surface area (Å²) < 4.78 is 0. The maximum Gasteiger partial charge on any atom is 0.0850 e. The van der Waals surface area contributed by atoms with Gasteiger partial charge in [0.25, 0.3) is 0 Å². The SMILES string of the molecule is [CH2+]CCCCCCS. The molecule has 0 heterocycles. The molecule has 8 heavy (non-hydrogen) atoms. The Morgan fingerprint density at radius 1 is 1.00 bits per heavy atom. The summed E-state index contributed by atoms with van der Waals surface area (Å²) in [5.41, 5.74) is 0. The molecule has 0 radical (unpaired) electrons. The molecule has 0 amide bonds. The second kappa shape index (κ2) is 7.22. The minimum absolute atomic E-state index is 1.04. The number of unbranched alkanes of at least 4 members (excludes halogenated alkanes) is 4. The molecule has 0 spiro atoms. The Morgan fingerprint density at radius 3 is 2.12 bits per heavy atom. The molecule has 0 aliphatic rings. The van der Waals surface area contributed by atoms with Crippen molar-refractivity contribution in [2.75, 3.05) is 5.75 Å². The first kappa shape index (κ1) is 8.22. The Kier molecular flexibility index (Phi) is 7.42. The third kappa shape index (κ3) is 6.22. The first-order chi connectivity index (χ1) is 3.91. The Hall–Kier alpha value is 0.220.